The van der Waals surface area contributed by atoms with Gasteiger partial charge in [0.15, 0.2) is 0 Å². The van der Waals surface area contributed by atoms with Crippen LogP contribution in [0.2, 0.25) is 0 Å². The lowest BCUT2D eigenvalue weighted by Crippen LogP contribution is -2.29. The zero-order valence-electron chi connectivity index (χ0n) is 6.73. The summed E-state index contributed by atoms with van der Waals surface area (Å²) in [7, 11) is 0. The van der Waals surface area contributed by atoms with Crippen LogP contribution in [0.15, 0.2) is 0 Å². The summed E-state index contributed by atoms with van der Waals surface area (Å²) in [6.45, 7) is 3.36. The van der Waals surface area contributed by atoms with Crippen molar-refractivity contribution in [1.29, 1.82) is 0 Å². The molecule has 0 spiro atoms. The predicted molar refractivity (Wildman–Crippen MR) is 40.9 cm³/mol. The third-order valence-corrected chi connectivity index (χ3v) is 3.23. The first-order chi connectivity index (χ1) is 4.85. The smallest absolute Gasteiger partial charge is 0.0815 e. The molecule has 58 valence electrons. The quantitative estimate of drug-likeness (QED) is 0.548. The van der Waals surface area contributed by atoms with E-state index in [1.165, 1.54) is 32.1 Å². The molecule has 1 aliphatic heterocycles. The van der Waals surface area contributed by atoms with E-state index in [0.717, 1.165) is 12.0 Å². The Bertz CT molecular complexity index is 117. The van der Waals surface area contributed by atoms with Crippen molar-refractivity contribution in [2.24, 2.45) is 5.41 Å². The van der Waals surface area contributed by atoms with E-state index in [9.17, 15) is 0 Å². The number of rotatable bonds is 3. The van der Waals surface area contributed by atoms with Crippen LogP contribution in [-0.2, 0) is 4.74 Å². The molecule has 0 radical (unpaired) electrons. The molecule has 0 aromatic carbocycles. The largest absolute Gasteiger partial charge is 0.373 e. The number of hydrogen-bond acceptors (Lipinski definition) is 1. The van der Waals surface area contributed by atoms with E-state index < -0.39 is 0 Å². The number of epoxide rings is 1. The number of hydrogen-bond donors (Lipinski definition) is 0. The summed E-state index contributed by atoms with van der Waals surface area (Å²) in [5.74, 6) is 0. The van der Waals surface area contributed by atoms with Crippen LogP contribution in [-0.4, -0.2) is 12.7 Å². The summed E-state index contributed by atoms with van der Waals surface area (Å²) in [5.41, 5.74) is 0.723. The van der Waals surface area contributed by atoms with E-state index in [2.05, 4.69) is 6.92 Å². The van der Waals surface area contributed by atoms with E-state index in [4.69, 9.17) is 4.74 Å². The molecule has 2 aliphatic rings. The van der Waals surface area contributed by atoms with Crippen molar-refractivity contribution in [2.75, 3.05) is 6.61 Å². The normalized spacial score (nSPS) is 35.1. The SMILES string of the molecule is CCC1(CC2CO2)CCC1. The Balaban J connectivity index is 1.84. The second-order valence-corrected chi connectivity index (χ2v) is 3.87. The summed E-state index contributed by atoms with van der Waals surface area (Å²) >= 11 is 0. The van der Waals surface area contributed by atoms with Crippen molar-refractivity contribution >= 4 is 0 Å². The maximum Gasteiger partial charge on any atom is 0.0815 e. The zero-order chi connectivity index (χ0) is 7.03. The van der Waals surface area contributed by atoms with Gasteiger partial charge in [-0.1, -0.05) is 19.8 Å². The lowest BCUT2D eigenvalue weighted by molar-refractivity contribution is 0.100. The van der Waals surface area contributed by atoms with Gasteiger partial charge in [-0.2, -0.15) is 0 Å². The second kappa shape index (κ2) is 2.23. The molecule has 2 fully saturated rings. The molecule has 1 heteroatoms. The summed E-state index contributed by atoms with van der Waals surface area (Å²) in [6.07, 6.45) is 7.75. The molecule has 1 saturated carbocycles. The minimum atomic E-state index is 0.653. The molecule has 1 unspecified atom stereocenters. The maximum absolute atomic E-state index is 5.24. The summed E-state index contributed by atoms with van der Waals surface area (Å²) in [6, 6.07) is 0. The Hall–Kier alpha value is -0.0400. The fourth-order valence-electron chi connectivity index (χ4n) is 2.05. The van der Waals surface area contributed by atoms with Gasteiger partial charge in [0, 0.05) is 0 Å². The van der Waals surface area contributed by atoms with Crippen LogP contribution in [0, 0.1) is 5.41 Å². The van der Waals surface area contributed by atoms with Gasteiger partial charge in [-0.05, 0) is 24.7 Å². The molecule has 1 saturated heterocycles. The highest BCUT2D eigenvalue weighted by molar-refractivity contribution is 4.91. The van der Waals surface area contributed by atoms with Crippen LogP contribution in [0.4, 0.5) is 0 Å². The molecule has 0 N–H and O–H groups in total. The monoisotopic (exact) mass is 140 g/mol. The molecular weight excluding hydrogens is 124 g/mol. The second-order valence-electron chi connectivity index (χ2n) is 3.87. The van der Waals surface area contributed by atoms with E-state index in [0.29, 0.717) is 6.10 Å². The van der Waals surface area contributed by atoms with Gasteiger partial charge in [0.2, 0.25) is 0 Å². The fourth-order valence-corrected chi connectivity index (χ4v) is 2.05. The van der Waals surface area contributed by atoms with Crippen molar-refractivity contribution in [2.45, 2.75) is 45.1 Å². The zero-order valence-corrected chi connectivity index (χ0v) is 6.73. The lowest BCUT2D eigenvalue weighted by atomic mass is 9.64. The summed E-state index contributed by atoms with van der Waals surface area (Å²) in [5, 5.41) is 0. The molecule has 10 heavy (non-hydrogen) atoms. The molecule has 1 aliphatic carbocycles. The van der Waals surface area contributed by atoms with Crippen molar-refractivity contribution < 1.29 is 4.74 Å². The van der Waals surface area contributed by atoms with Crippen molar-refractivity contribution in [1.82, 2.24) is 0 Å². The molecule has 2 rings (SSSR count). The van der Waals surface area contributed by atoms with E-state index in [1.807, 2.05) is 0 Å². The van der Waals surface area contributed by atoms with Crippen LogP contribution >= 0.6 is 0 Å². The fraction of sp³-hybridized carbons (Fsp3) is 1.00. The minimum absolute atomic E-state index is 0.653. The van der Waals surface area contributed by atoms with Crippen LogP contribution in [0.5, 0.6) is 0 Å². The molecular formula is C9H16O. The highest BCUT2D eigenvalue weighted by atomic mass is 16.6. The first-order valence-corrected chi connectivity index (χ1v) is 4.46. The third-order valence-electron chi connectivity index (χ3n) is 3.23. The Kier molecular flexibility index (Phi) is 1.48. The van der Waals surface area contributed by atoms with Gasteiger partial charge in [0.05, 0.1) is 12.7 Å². The minimum Gasteiger partial charge on any atom is -0.373 e. The lowest BCUT2D eigenvalue weighted by Gasteiger charge is -2.41. The van der Waals surface area contributed by atoms with E-state index >= 15 is 0 Å². The molecule has 0 bridgehead atoms. The van der Waals surface area contributed by atoms with Gasteiger partial charge in [0.1, 0.15) is 0 Å². The van der Waals surface area contributed by atoms with E-state index in [-0.39, 0.29) is 0 Å². The average Bonchev–Trinajstić information content (AvgIpc) is 2.62. The highest BCUT2D eigenvalue weighted by Crippen LogP contribution is 2.49. The molecule has 0 aromatic rings. The highest BCUT2D eigenvalue weighted by Gasteiger charge is 2.40. The van der Waals surface area contributed by atoms with Gasteiger partial charge in [-0.15, -0.1) is 0 Å². The Morgan fingerprint density at radius 1 is 1.50 bits per heavy atom. The third kappa shape index (κ3) is 1.07. The predicted octanol–water partition coefficient (Wildman–Crippen LogP) is 2.36. The molecule has 1 atom stereocenters. The first kappa shape index (κ1) is 6.66. The van der Waals surface area contributed by atoms with Crippen molar-refractivity contribution in [3.63, 3.8) is 0 Å². The topological polar surface area (TPSA) is 12.5 Å². The molecule has 0 aromatic heterocycles. The van der Waals surface area contributed by atoms with Gasteiger partial charge in [-0.25, -0.2) is 0 Å². The average molecular weight is 140 g/mol. The summed E-state index contributed by atoms with van der Waals surface area (Å²) in [4.78, 5) is 0. The van der Waals surface area contributed by atoms with Crippen LogP contribution in [0.3, 0.4) is 0 Å². The molecule has 1 nitrogen and oxygen atoms in total. The van der Waals surface area contributed by atoms with E-state index in [1.54, 1.807) is 0 Å². The molecule has 0 amide bonds. The Labute approximate surface area is 62.8 Å². The van der Waals surface area contributed by atoms with Gasteiger partial charge in [0.25, 0.3) is 0 Å². The maximum atomic E-state index is 5.24. The van der Waals surface area contributed by atoms with Crippen LogP contribution < -0.4 is 0 Å². The van der Waals surface area contributed by atoms with Gasteiger partial charge >= 0.3 is 0 Å². The first-order valence-electron chi connectivity index (χ1n) is 4.46. The van der Waals surface area contributed by atoms with Crippen LogP contribution in [0.1, 0.15) is 39.0 Å². The molecule has 1 heterocycles. The summed E-state index contributed by atoms with van der Waals surface area (Å²) < 4.78 is 5.24. The number of ether oxygens (including phenoxy) is 1. The Morgan fingerprint density at radius 2 is 2.20 bits per heavy atom. The van der Waals surface area contributed by atoms with Gasteiger partial charge < -0.3 is 4.74 Å². The van der Waals surface area contributed by atoms with Crippen molar-refractivity contribution in [3.8, 4) is 0 Å². The van der Waals surface area contributed by atoms with Crippen molar-refractivity contribution in [3.05, 3.63) is 0 Å². The van der Waals surface area contributed by atoms with Gasteiger partial charge in [-0.3, -0.25) is 0 Å². The van der Waals surface area contributed by atoms with Crippen LogP contribution in [0.25, 0.3) is 0 Å². The standard InChI is InChI=1S/C9H16O/c1-2-9(4-3-5-9)6-8-7-10-8/h8H,2-7H2,1H3. The Morgan fingerprint density at radius 3 is 2.50 bits per heavy atom.